The maximum atomic E-state index is 12.5. The van der Waals surface area contributed by atoms with E-state index >= 15 is 0 Å². The van der Waals surface area contributed by atoms with Crippen LogP contribution >= 0.6 is 0 Å². The van der Waals surface area contributed by atoms with Crippen LogP contribution in [0.15, 0.2) is 0 Å². The van der Waals surface area contributed by atoms with Gasteiger partial charge in [0, 0.05) is 19.3 Å². The van der Waals surface area contributed by atoms with Gasteiger partial charge < -0.3 is 14.2 Å². The van der Waals surface area contributed by atoms with Crippen molar-refractivity contribution in [2.24, 2.45) is 11.8 Å². The van der Waals surface area contributed by atoms with Gasteiger partial charge >= 0.3 is 17.9 Å². The molecule has 0 N–H and O–H groups in total. The lowest BCUT2D eigenvalue weighted by Gasteiger charge is -2.18. The number of rotatable bonds is 43. The molecule has 0 saturated heterocycles. The van der Waals surface area contributed by atoms with E-state index in [9.17, 15) is 14.4 Å². The highest BCUT2D eigenvalue weighted by Gasteiger charge is 2.19. The fourth-order valence-corrected chi connectivity index (χ4v) is 7.28. The highest BCUT2D eigenvalue weighted by atomic mass is 16.6. The van der Waals surface area contributed by atoms with Crippen molar-refractivity contribution in [2.45, 2.75) is 272 Å². The van der Waals surface area contributed by atoms with Crippen molar-refractivity contribution < 1.29 is 28.6 Å². The van der Waals surface area contributed by atoms with Gasteiger partial charge in [0.15, 0.2) is 6.10 Å². The fraction of sp³-hybridized carbons (Fsp3) is 0.939. The Kier molecular flexibility index (Phi) is 40.8. The molecule has 0 aliphatic heterocycles. The van der Waals surface area contributed by atoms with Crippen molar-refractivity contribution in [1.29, 1.82) is 0 Å². The van der Waals surface area contributed by atoms with Crippen LogP contribution in [0.2, 0.25) is 0 Å². The van der Waals surface area contributed by atoms with Crippen LogP contribution in [0.1, 0.15) is 266 Å². The van der Waals surface area contributed by atoms with Crippen LogP contribution in [-0.2, 0) is 28.6 Å². The second kappa shape index (κ2) is 42.0. The third-order valence-electron chi connectivity index (χ3n) is 11.0. The Morgan fingerprint density at radius 1 is 0.345 bits per heavy atom. The van der Waals surface area contributed by atoms with Gasteiger partial charge in [-0.25, -0.2) is 0 Å². The molecule has 0 unspecified atom stereocenters. The first-order valence-corrected chi connectivity index (χ1v) is 24.2. The minimum absolute atomic E-state index is 0.0655. The third-order valence-corrected chi connectivity index (χ3v) is 11.0. The zero-order valence-electron chi connectivity index (χ0n) is 37.6. The van der Waals surface area contributed by atoms with Crippen molar-refractivity contribution in [2.75, 3.05) is 13.2 Å². The van der Waals surface area contributed by atoms with E-state index in [0.717, 1.165) is 76.0 Å². The van der Waals surface area contributed by atoms with Crippen LogP contribution < -0.4 is 0 Å². The molecule has 0 fully saturated rings. The molecule has 0 aliphatic rings. The van der Waals surface area contributed by atoms with E-state index in [1.54, 1.807) is 0 Å². The van der Waals surface area contributed by atoms with Crippen molar-refractivity contribution in [3.63, 3.8) is 0 Å². The normalized spacial score (nSPS) is 12.1. The number of esters is 3. The molecule has 6 nitrogen and oxygen atoms in total. The van der Waals surface area contributed by atoms with Gasteiger partial charge in [-0.1, -0.05) is 227 Å². The van der Waals surface area contributed by atoms with Crippen molar-refractivity contribution >= 4 is 17.9 Å². The lowest BCUT2D eigenvalue weighted by Crippen LogP contribution is -2.30. The molecular weight excluding hydrogens is 685 g/mol. The number of carbonyl (C=O) groups is 3. The molecule has 55 heavy (non-hydrogen) atoms. The van der Waals surface area contributed by atoms with Gasteiger partial charge in [-0.2, -0.15) is 0 Å². The number of unbranched alkanes of at least 4 members (excludes halogenated alkanes) is 28. The van der Waals surface area contributed by atoms with Crippen molar-refractivity contribution in [3.05, 3.63) is 0 Å². The number of ether oxygens (including phenoxy) is 3. The molecule has 6 heteroatoms. The molecule has 0 radical (unpaired) electrons. The molecule has 0 aromatic heterocycles. The van der Waals surface area contributed by atoms with Gasteiger partial charge in [0.2, 0.25) is 0 Å². The molecule has 0 heterocycles. The average Bonchev–Trinajstić information content (AvgIpc) is 3.15. The SMILES string of the molecule is CCCCCCCC(=O)O[C@@H](COC(=O)CCCCCCCCCCCCCCCCCC(C)C)COC(=O)CCCCCCCCCCCCCC(C)C. The third kappa shape index (κ3) is 43.4. The summed E-state index contributed by atoms with van der Waals surface area (Å²) in [7, 11) is 0. The summed E-state index contributed by atoms with van der Waals surface area (Å²) in [4.78, 5) is 37.5. The van der Waals surface area contributed by atoms with Gasteiger partial charge in [-0.15, -0.1) is 0 Å². The molecule has 326 valence electrons. The second-order valence-electron chi connectivity index (χ2n) is 17.7. The Morgan fingerprint density at radius 2 is 0.600 bits per heavy atom. The molecule has 0 bridgehead atoms. The van der Waals surface area contributed by atoms with E-state index in [-0.39, 0.29) is 31.1 Å². The standard InChI is InChI=1S/C49H94O6/c1-6-7-8-27-36-41-49(52)55-46(43-54-48(51)40-35-31-26-22-18-14-16-20-24-29-33-38-45(4)5)42-53-47(50)39-34-30-25-21-17-13-11-9-10-12-15-19-23-28-32-37-44(2)3/h44-46H,6-43H2,1-5H3/t46-/m0/s1. The van der Waals surface area contributed by atoms with Crippen molar-refractivity contribution in [1.82, 2.24) is 0 Å². The monoisotopic (exact) mass is 779 g/mol. The van der Waals surface area contributed by atoms with E-state index in [0.29, 0.717) is 19.3 Å². The molecular formula is C49H94O6. The van der Waals surface area contributed by atoms with Gasteiger partial charge in [0.05, 0.1) is 0 Å². The van der Waals surface area contributed by atoms with E-state index < -0.39 is 6.10 Å². The molecule has 0 amide bonds. The molecule has 0 spiro atoms. The topological polar surface area (TPSA) is 78.9 Å². The second-order valence-corrected chi connectivity index (χ2v) is 17.7. The molecule has 0 aromatic carbocycles. The first kappa shape index (κ1) is 53.4. The van der Waals surface area contributed by atoms with Crippen molar-refractivity contribution in [3.8, 4) is 0 Å². The van der Waals surface area contributed by atoms with Crippen LogP contribution in [0.25, 0.3) is 0 Å². The number of hydrogen-bond acceptors (Lipinski definition) is 6. The van der Waals surface area contributed by atoms with Crippen LogP contribution in [0.3, 0.4) is 0 Å². The van der Waals surface area contributed by atoms with Gasteiger partial charge in [0.1, 0.15) is 13.2 Å². The van der Waals surface area contributed by atoms with E-state index in [1.165, 1.54) is 148 Å². The average molecular weight is 779 g/mol. The summed E-state index contributed by atoms with van der Waals surface area (Å²) in [6, 6.07) is 0. The maximum absolute atomic E-state index is 12.5. The first-order valence-electron chi connectivity index (χ1n) is 24.2. The molecule has 0 aromatic rings. The Bertz CT molecular complexity index is 839. The van der Waals surface area contributed by atoms with E-state index in [4.69, 9.17) is 14.2 Å². The van der Waals surface area contributed by atoms with Crippen LogP contribution in [0.4, 0.5) is 0 Å². The zero-order chi connectivity index (χ0) is 40.5. The molecule has 0 saturated carbocycles. The van der Waals surface area contributed by atoms with Crippen LogP contribution in [-0.4, -0.2) is 37.2 Å². The summed E-state index contributed by atoms with van der Waals surface area (Å²) in [5, 5.41) is 0. The first-order chi connectivity index (χ1) is 26.7. The van der Waals surface area contributed by atoms with Gasteiger partial charge in [0.25, 0.3) is 0 Å². The molecule has 0 aliphatic carbocycles. The lowest BCUT2D eigenvalue weighted by atomic mass is 10.0. The smallest absolute Gasteiger partial charge is 0.306 e. The molecule has 1 atom stereocenters. The zero-order valence-corrected chi connectivity index (χ0v) is 37.6. The fourth-order valence-electron chi connectivity index (χ4n) is 7.28. The highest BCUT2D eigenvalue weighted by Crippen LogP contribution is 2.17. The Hall–Kier alpha value is -1.59. The minimum Gasteiger partial charge on any atom is -0.462 e. The summed E-state index contributed by atoms with van der Waals surface area (Å²) in [5.74, 6) is 0.809. The van der Waals surface area contributed by atoms with E-state index in [1.807, 2.05) is 0 Å². The summed E-state index contributed by atoms with van der Waals surface area (Å²) in [6.07, 6.45) is 41.2. The van der Waals surface area contributed by atoms with E-state index in [2.05, 4.69) is 34.6 Å². The van der Waals surface area contributed by atoms with Crippen LogP contribution in [0.5, 0.6) is 0 Å². The summed E-state index contributed by atoms with van der Waals surface area (Å²) in [5.41, 5.74) is 0. The Morgan fingerprint density at radius 3 is 0.891 bits per heavy atom. The number of hydrogen-bond donors (Lipinski definition) is 0. The predicted octanol–water partition coefficient (Wildman–Crippen LogP) is 15.4. The lowest BCUT2D eigenvalue weighted by molar-refractivity contribution is -0.167. The van der Waals surface area contributed by atoms with Gasteiger partial charge in [-0.3, -0.25) is 14.4 Å². The summed E-state index contributed by atoms with van der Waals surface area (Å²) in [6.45, 7) is 11.3. The summed E-state index contributed by atoms with van der Waals surface area (Å²) < 4.78 is 16.6. The quantitative estimate of drug-likeness (QED) is 0.0348. The summed E-state index contributed by atoms with van der Waals surface area (Å²) >= 11 is 0. The molecule has 0 rings (SSSR count). The van der Waals surface area contributed by atoms with Crippen LogP contribution in [0, 0.1) is 11.8 Å². The number of carbonyl (C=O) groups excluding carboxylic acids is 3. The van der Waals surface area contributed by atoms with Gasteiger partial charge in [-0.05, 0) is 31.1 Å². The Labute approximate surface area is 342 Å². The maximum Gasteiger partial charge on any atom is 0.306 e. The Balaban J connectivity index is 4.08. The largest absolute Gasteiger partial charge is 0.462 e. The predicted molar refractivity (Wildman–Crippen MR) is 233 cm³/mol. The highest BCUT2D eigenvalue weighted by molar-refractivity contribution is 5.71. The minimum atomic E-state index is -0.759.